The van der Waals surface area contributed by atoms with E-state index < -0.39 is 0 Å². The lowest BCUT2D eigenvalue weighted by atomic mass is 10.2. The van der Waals surface area contributed by atoms with Crippen LogP contribution in [-0.2, 0) is 9.53 Å². The molecule has 2 rings (SSSR count). The summed E-state index contributed by atoms with van der Waals surface area (Å²) < 4.78 is 5.41. The van der Waals surface area contributed by atoms with Crippen molar-refractivity contribution < 1.29 is 14.6 Å². The van der Waals surface area contributed by atoms with Crippen LogP contribution < -0.4 is 5.32 Å². The van der Waals surface area contributed by atoms with Gasteiger partial charge in [-0.05, 0) is 12.8 Å². The van der Waals surface area contributed by atoms with Crippen LogP contribution in [-0.4, -0.2) is 35.3 Å². The van der Waals surface area contributed by atoms with Crippen LogP contribution in [0.4, 0.5) is 5.13 Å². The van der Waals surface area contributed by atoms with Crippen molar-refractivity contribution in [2.45, 2.75) is 31.8 Å². The average molecular weight is 280 g/mol. The molecule has 102 valence electrons. The van der Waals surface area contributed by atoms with Gasteiger partial charge >= 0.3 is 0 Å². The predicted octanol–water partition coefficient (Wildman–Crippen LogP) is 1.38. The molecule has 2 N–H and O–H groups in total. The second-order valence-corrected chi connectivity index (χ2v) is 5.22. The van der Waals surface area contributed by atoms with Crippen molar-refractivity contribution in [1.29, 1.82) is 0 Å². The molecule has 0 bridgehead atoms. The molecular weight excluding hydrogens is 264 g/mol. The van der Waals surface area contributed by atoms with E-state index in [-0.39, 0.29) is 18.6 Å². The molecule has 1 fully saturated rings. The first kappa shape index (κ1) is 14.0. The van der Waals surface area contributed by atoms with Gasteiger partial charge in [0.25, 0.3) is 0 Å². The number of ether oxygens (including phenoxy) is 1. The molecule has 1 amide bonds. The van der Waals surface area contributed by atoms with Crippen molar-refractivity contribution in [3.63, 3.8) is 0 Å². The van der Waals surface area contributed by atoms with Crippen LogP contribution in [0.15, 0.2) is 6.20 Å². The highest BCUT2D eigenvalue weighted by Crippen LogP contribution is 2.19. The Kier molecular flexibility index (Phi) is 5.33. The zero-order valence-electron chi connectivity index (χ0n) is 10.5. The summed E-state index contributed by atoms with van der Waals surface area (Å²) >= 11 is 1.33. The maximum atomic E-state index is 11.7. The molecule has 1 aliphatic rings. The number of nitrogens with zero attached hydrogens (tertiary/aromatic N) is 1. The zero-order valence-corrected chi connectivity index (χ0v) is 11.3. The van der Waals surface area contributed by atoms with Crippen LogP contribution in [0, 0.1) is 11.8 Å². The number of nitrogens with one attached hydrogen (secondary N) is 1. The Bertz CT molecular complexity index is 484. The van der Waals surface area contributed by atoms with E-state index in [2.05, 4.69) is 22.1 Å². The predicted molar refractivity (Wildman–Crippen MR) is 72.9 cm³/mol. The van der Waals surface area contributed by atoms with E-state index in [1.807, 2.05) is 0 Å². The summed E-state index contributed by atoms with van der Waals surface area (Å²) in [5, 5.41) is 11.9. The Labute approximate surface area is 116 Å². The van der Waals surface area contributed by atoms with Crippen LogP contribution in [0.2, 0.25) is 0 Å². The number of aliphatic hydroxyl groups excluding tert-OH is 1. The van der Waals surface area contributed by atoms with Crippen LogP contribution >= 0.6 is 11.3 Å². The fourth-order valence-corrected chi connectivity index (χ4v) is 2.48. The number of hydrogen-bond donors (Lipinski definition) is 2. The summed E-state index contributed by atoms with van der Waals surface area (Å²) in [6.07, 6.45) is 4.47. The zero-order chi connectivity index (χ0) is 13.5. The molecule has 1 unspecified atom stereocenters. The van der Waals surface area contributed by atoms with Crippen molar-refractivity contribution in [1.82, 2.24) is 4.98 Å². The van der Waals surface area contributed by atoms with Gasteiger partial charge in [-0.25, -0.2) is 4.98 Å². The molecule has 1 aromatic heterocycles. The van der Waals surface area contributed by atoms with E-state index in [0.29, 0.717) is 18.0 Å². The Morgan fingerprint density at radius 3 is 3.32 bits per heavy atom. The molecule has 0 aliphatic carbocycles. The van der Waals surface area contributed by atoms with Gasteiger partial charge in [-0.1, -0.05) is 23.2 Å². The molecule has 1 aromatic rings. The number of carbonyl (C=O) groups is 1. The Hall–Kier alpha value is -1.42. The lowest BCUT2D eigenvalue weighted by Gasteiger charge is -2.07. The van der Waals surface area contributed by atoms with Gasteiger partial charge in [-0.15, -0.1) is 0 Å². The summed E-state index contributed by atoms with van der Waals surface area (Å²) in [6.45, 7) is 0.802. The van der Waals surface area contributed by atoms with E-state index in [1.165, 1.54) is 11.3 Å². The minimum absolute atomic E-state index is 0.0452. The summed E-state index contributed by atoms with van der Waals surface area (Å²) in [6, 6.07) is 0. The lowest BCUT2D eigenvalue weighted by Crippen LogP contribution is -2.19. The van der Waals surface area contributed by atoms with Crippen molar-refractivity contribution in [3.05, 3.63) is 11.1 Å². The molecule has 1 atom stereocenters. The third-order valence-electron chi connectivity index (χ3n) is 2.64. The van der Waals surface area contributed by atoms with Gasteiger partial charge in [0.05, 0.1) is 30.2 Å². The first-order valence-electron chi connectivity index (χ1n) is 6.25. The average Bonchev–Trinajstić information content (AvgIpc) is 3.02. The topological polar surface area (TPSA) is 71.5 Å². The molecule has 1 saturated heterocycles. The fourth-order valence-electron chi connectivity index (χ4n) is 1.78. The summed E-state index contributed by atoms with van der Waals surface area (Å²) in [4.78, 5) is 16.6. The summed E-state index contributed by atoms with van der Waals surface area (Å²) in [5.74, 6) is 5.62. The molecule has 5 nitrogen and oxygen atoms in total. The Morgan fingerprint density at radius 1 is 1.68 bits per heavy atom. The van der Waals surface area contributed by atoms with Gasteiger partial charge < -0.3 is 15.2 Å². The van der Waals surface area contributed by atoms with Gasteiger partial charge in [0.1, 0.15) is 0 Å². The van der Waals surface area contributed by atoms with Crippen LogP contribution in [0.5, 0.6) is 0 Å². The highest BCUT2D eigenvalue weighted by atomic mass is 32.1. The minimum atomic E-state index is -0.0730. The fraction of sp³-hybridized carbons (Fsp3) is 0.538. The van der Waals surface area contributed by atoms with Crippen LogP contribution in [0.3, 0.4) is 0 Å². The van der Waals surface area contributed by atoms with Gasteiger partial charge in [-0.2, -0.15) is 0 Å². The van der Waals surface area contributed by atoms with E-state index >= 15 is 0 Å². The van der Waals surface area contributed by atoms with Crippen LogP contribution in [0.25, 0.3) is 0 Å². The number of aromatic nitrogens is 1. The van der Waals surface area contributed by atoms with Crippen LogP contribution in [0.1, 0.15) is 30.6 Å². The van der Waals surface area contributed by atoms with Crippen molar-refractivity contribution in [2.24, 2.45) is 0 Å². The molecular formula is C13H16N2O3S. The van der Waals surface area contributed by atoms with Gasteiger partial charge in [-0.3, -0.25) is 4.79 Å². The second-order valence-electron chi connectivity index (χ2n) is 4.19. The standard InChI is InChI=1S/C13H16N2O3S/c16-6-2-1-5-11-9-14-13(19-11)15-12(17)8-10-4-3-7-18-10/h9-10,16H,2-4,6-8H2,(H,14,15,17). The number of rotatable bonds is 4. The summed E-state index contributed by atoms with van der Waals surface area (Å²) in [5.41, 5.74) is 0. The number of carbonyl (C=O) groups excluding carboxylic acids is 1. The maximum Gasteiger partial charge on any atom is 0.228 e. The second kappa shape index (κ2) is 7.24. The minimum Gasteiger partial charge on any atom is -0.395 e. The molecule has 2 heterocycles. The van der Waals surface area contributed by atoms with Gasteiger partial charge in [0.2, 0.25) is 5.91 Å². The quantitative estimate of drug-likeness (QED) is 0.818. The first-order chi connectivity index (χ1) is 9.28. The highest BCUT2D eigenvalue weighted by molar-refractivity contribution is 7.16. The van der Waals surface area contributed by atoms with Crippen molar-refractivity contribution in [3.8, 4) is 11.8 Å². The lowest BCUT2D eigenvalue weighted by molar-refractivity contribution is -0.118. The normalized spacial score (nSPS) is 17.8. The first-order valence-corrected chi connectivity index (χ1v) is 7.06. The molecule has 19 heavy (non-hydrogen) atoms. The SMILES string of the molecule is O=C(CC1CCCO1)Nc1ncc(C#CCCO)s1. The number of thiazole rings is 1. The molecule has 0 radical (unpaired) electrons. The number of hydrogen-bond acceptors (Lipinski definition) is 5. The molecule has 6 heteroatoms. The summed E-state index contributed by atoms with van der Waals surface area (Å²) in [7, 11) is 0. The van der Waals surface area contributed by atoms with Crippen molar-refractivity contribution >= 4 is 22.4 Å². The van der Waals surface area contributed by atoms with Gasteiger partial charge in [0.15, 0.2) is 5.13 Å². The third-order valence-corrected chi connectivity index (χ3v) is 3.47. The molecule has 0 saturated carbocycles. The maximum absolute atomic E-state index is 11.7. The number of amides is 1. The van der Waals surface area contributed by atoms with Crippen molar-refractivity contribution in [2.75, 3.05) is 18.5 Å². The monoisotopic (exact) mass is 280 g/mol. The Morgan fingerprint density at radius 2 is 2.58 bits per heavy atom. The number of anilines is 1. The third kappa shape index (κ3) is 4.63. The van der Waals surface area contributed by atoms with Gasteiger partial charge in [0, 0.05) is 13.0 Å². The van der Waals surface area contributed by atoms with E-state index in [1.54, 1.807) is 6.20 Å². The molecule has 0 spiro atoms. The number of aliphatic hydroxyl groups is 1. The van der Waals surface area contributed by atoms with E-state index in [0.717, 1.165) is 24.3 Å². The molecule has 0 aromatic carbocycles. The molecule has 1 aliphatic heterocycles. The smallest absolute Gasteiger partial charge is 0.228 e. The largest absolute Gasteiger partial charge is 0.395 e. The van der Waals surface area contributed by atoms with E-state index in [4.69, 9.17) is 9.84 Å². The van der Waals surface area contributed by atoms with E-state index in [9.17, 15) is 4.79 Å². The Balaban J connectivity index is 1.82. The highest BCUT2D eigenvalue weighted by Gasteiger charge is 2.19.